The topological polar surface area (TPSA) is 61.6 Å². The predicted molar refractivity (Wildman–Crippen MR) is 76.9 cm³/mol. The molecule has 5 heteroatoms. The number of carbonyl (C=O) groups excluding carboxylic acids is 1. The number of amides is 1. The van der Waals surface area contributed by atoms with Crippen molar-refractivity contribution in [2.75, 3.05) is 33.7 Å². The molecule has 0 radical (unpaired) electrons. The molecule has 1 amide bonds. The van der Waals surface area contributed by atoms with Crippen LogP contribution in [0.3, 0.4) is 0 Å². The molecule has 2 unspecified atom stereocenters. The summed E-state index contributed by atoms with van der Waals surface area (Å²) >= 11 is 0. The van der Waals surface area contributed by atoms with E-state index in [1.54, 1.807) is 0 Å². The van der Waals surface area contributed by atoms with Crippen LogP contribution in [0, 0.1) is 0 Å². The Hall–Kier alpha value is -0.650. The summed E-state index contributed by atoms with van der Waals surface area (Å²) in [5, 5.41) is 3.43. The molecular weight excluding hydrogens is 240 g/mol. The predicted octanol–water partition coefficient (Wildman–Crippen LogP) is 0.00840. The van der Waals surface area contributed by atoms with E-state index in [1.807, 2.05) is 6.92 Å². The molecule has 0 aromatic heterocycles. The zero-order valence-electron chi connectivity index (χ0n) is 12.5. The van der Waals surface area contributed by atoms with E-state index < -0.39 is 5.54 Å². The van der Waals surface area contributed by atoms with Gasteiger partial charge in [0.05, 0.1) is 0 Å². The van der Waals surface area contributed by atoms with E-state index in [0.29, 0.717) is 12.1 Å². The summed E-state index contributed by atoms with van der Waals surface area (Å²) in [5.41, 5.74) is 5.03. The van der Waals surface area contributed by atoms with Crippen molar-refractivity contribution in [3.63, 3.8) is 0 Å². The van der Waals surface area contributed by atoms with Crippen molar-refractivity contribution in [2.45, 2.75) is 50.2 Å². The number of likely N-dealkylation sites (N-methyl/N-ethyl adjacent to an activating group) is 1. The summed E-state index contributed by atoms with van der Waals surface area (Å²) in [4.78, 5) is 16.5. The highest BCUT2D eigenvalue weighted by atomic mass is 16.1. The first kappa shape index (κ1) is 14.8. The summed E-state index contributed by atoms with van der Waals surface area (Å²) in [5.74, 6) is -0.230. The smallest absolute Gasteiger partial charge is 0.238 e. The van der Waals surface area contributed by atoms with Crippen LogP contribution >= 0.6 is 0 Å². The number of nitrogens with one attached hydrogen (secondary N) is 1. The van der Waals surface area contributed by atoms with Gasteiger partial charge in [-0.15, -0.1) is 0 Å². The number of carbonyl (C=O) groups is 1. The lowest BCUT2D eigenvalue weighted by molar-refractivity contribution is -0.125. The summed E-state index contributed by atoms with van der Waals surface area (Å²) in [7, 11) is 4.26. The lowest BCUT2D eigenvalue weighted by Gasteiger charge is -2.40. The van der Waals surface area contributed by atoms with E-state index >= 15 is 0 Å². The number of piperidine rings is 1. The Morgan fingerprint density at radius 2 is 2.11 bits per heavy atom. The molecule has 0 spiro atoms. The highest BCUT2D eigenvalue weighted by Crippen LogP contribution is 2.24. The van der Waals surface area contributed by atoms with E-state index in [-0.39, 0.29) is 5.91 Å². The number of rotatable bonds is 6. The van der Waals surface area contributed by atoms with Crippen molar-refractivity contribution < 1.29 is 4.79 Å². The quantitative estimate of drug-likeness (QED) is 0.712. The Balaban J connectivity index is 1.94. The third-order valence-electron chi connectivity index (χ3n) is 4.39. The molecule has 2 fully saturated rings. The Morgan fingerprint density at radius 3 is 2.63 bits per heavy atom. The van der Waals surface area contributed by atoms with Gasteiger partial charge in [0.1, 0.15) is 5.54 Å². The van der Waals surface area contributed by atoms with Crippen molar-refractivity contribution in [3.05, 3.63) is 0 Å². The Morgan fingerprint density at radius 1 is 1.42 bits per heavy atom. The van der Waals surface area contributed by atoms with Crippen LogP contribution in [0.25, 0.3) is 0 Å². The summed E-state index contributed by atoms with van der Waals surface area (Å²) in [6, 6.07) is 1.08. The molecular formula is C14H28N4O. The van der Waals surface area contributed by atoms with Crippen LogP contribution in [0.15, 0.2) is 0 Å². The van der Waals surface area contributed by atoms with Crippen LogP contribution in [0.1, 0.15) is 32.6 Å². The number of primary amides is 1. The molecule has 2 rings (SSSR count). The van der Waals surface area contributed by atoms with Crippen LogP contribution in [0.4, 0.5) is 0 Å². The SMILES string of the molecule is CN(C)C1CCCN(CC(C)(NC2CC2)C(N)=O)C1. The van der Waals surface area contributed by atoms with Gasteiger partial charge in [-0.2, -0.15) is 0 Å². The molecule has 110 valence electrons. The molecule has 0 aromatic carbocycles. The van der Waals surface area contributed by atoms with Gasteiger partial charge in [0, 0.05) is 25.2 Å². The van der Waals surface area contributed by atoms with Gasteiger partial charge in [-0.1, -0.05) is 0 Å². The minimum Gasteiger partial charge on any atom is -0.368 e. The summed E-state index contributed by atoms with van der Waals surface area (Å²) < 4.78 is 0. The maximum Gasteiger partial charge on any atom is 0.238 e. The van der Waals surface area contributed by atoms with Gasteiger partial charge in [-0.25, -0.2) is 0 Å². The first-order valence-electron chi connectivity index (χ1n) is 7.37. The largest absolute Gasteiger partial charge is 0.368 e. The summed E-state index contributed by atoms with van der Waals surface area (Å²) in [6.45, 7) is 4.78. The first-order chi connectivity index (χ1) is 8.90. The van der Waals surface area contributed by atoms with Crippen LogP contribution < -0.4 is 11.1 Å². The molecule has 1 saturated carbocycles. The van der Waals surface area contributed by atoms with Gasteiger partial charge in [0.25, 0.3) is 0 Å². The van der Waals surface area contributed by atoms with E-state index in [9.17, 15) is 4.79 Å². The molecule has 3 N–H and O–H groups in total. The Labute approximate surface area is 116 Å². The van der Waals surface area contributed by atoms with Crippen molar-refractivity contribution in [1.82, 2.24) is 15.1 Å². The van der Waals surface area contributed by atoms with E-state index in [0.717, 1.165) is 19.6 Å². The van der Waals surface area contributed by atoms with Gasteiger partial charge < -0.3 is 10.6 Å². The normalized spacial score (nSPS) is 28.3. The standard InChI is InChI=1S/C14H28N4O/c1-14(13(15)19,16-11-6-7-11)10-18-8-4-5-12(9-18)17(2)3/h11-12,16H,4-10H2,1-3H3,(H2,15,19). The average molecular weight is 268 g/mol. The van der Waals surface area contributed by atoms with Gasteiger partial charge in [0.15, 0.2) is 0 Å². The van der Waals surface area contributed by atoms with Crippen molar-refractivity contribution in [1.29, 1.82) is 0 Å². The van der Waals surface area contributed by atoms with Crippen LogP contribution in [0.2, 0.25) is 0 Å². The third-order valence-corrected chi connectivity index (χ3v) is 4.39. The Bertz CT molecular complexity index is 329. The number of nitrogens with zero attached hydrogens (tertiary/aromatic N) is 2. The van der Waals surface area contributed by atoms with Crippen molar-refractivity contribution in [2.24, 2.45) is 5.73 Å². The van der Waals surface area contributed by atoms with Gasteiger partial charge >= 0.3 is 0 Å². The zero-order chi connectivity index (χ0) is 14.0. The van der Waals surface area contributed by atoms with Gasteiger partial charge in [0.2, 0.25) is 5.91 Å². The van der Waals surface area contributed by atoms with Gasteiger partial charge in [-0.05, 0) is 53.2 Å². The van der Waals surface area contributed by atoms with Crippen molar-refractivity contribution >= 4 is 5.91 Å². The minimum absolute atomic E-state index is 0.230. The number of hydrogen-bond donors (Lipinski definition) is 2. The first-order valence-corrected chi connectivity index (χ1v) is 7.37. The van der Waals surface area contributed by atoms with Crippen LogP contribution in [-0.2, 0) is 4.79 Å². The molecule has 19 heavy (non-hydrogen) atoms. The van der Waals surface area contributed by atoms with Crippen molar-refractivity contribution in [3.8, 4) is 0 Å². The molecule has 1 heterocycles. The monoisotopic (exact) mass is 268 g/mol. The molecule has 2 aliphatic rings. The number of hydrogen-bond acceptors (Lipinski definition) is 4. The molecule has 0 bridgehead atoms. The average Bonchev–Trinajstić information content (AvgIpc) is 3.12. The van der Waals surface area contributed by atoms with Crippen LogP contribution in [0.5, 0.6) is 0 Å². The molecule has 5 nitrogen and oxygen atoms in total. The fourth-order valence-electron chi connectivity index (χ4n) is 2.92. The second kappa shape index (κ2) is 5.77. The molecule has 0 aromatic rings. The van der Waals surface area contributed by atoms with E-state index in [2.05, 4.69) is 29.2 Å². The highest BCUT2D eigenvalue weighted by molar-refractivity contribution is 5.84. The maximum atomic E-state index is 11.8. The highest BCUT2D eigenvalue weighted by Gasteiger charge is 2.39. The fraction of sp³-hybridized carbons (Fsp3) is 0.929. The number of nitrogens with two attached hydrogens (primary N) is 1. The summed E-state index contributed by atoms with van der Waals surface area (Å²) in [6.07, 6.45) is 4.78. The van der Waals surface area contributed by atoms with E-state index in [4.69, 9.17) is 5.73 Å². The van der Waals surface area contributed by atoms with Gasteiger partial charge in [-0.3, -0.25) is 15.0 Å². The van der Waals surface area contributed by atoms with Crippen LogP contribution in [-0.4, -0.2) is 67.1 Å². The third kappa shape index (κ3) is 3.91. The van der Waals surface area contributed by atoms with E-state index in [1.165, 1.54) is 25.7 Å². The Kier molecular flexibility index (Phi) is 4.48. The second-order valence-corrected chi connectivity index (χ2v) is 6.61. The lowest BCUT2D eigenvalue weighted by atomic mass is 9.97. The lowest BCUT2D eigenvalue weighted by Crippen LogP contribution is -2.62. The molecule has 1 aliphatic heterocycles. The minimum atomic E-state index is -0.588. The fourth-order valence-corrected chi connectivity index (χ4v) is 2.92. The number of likely N-dealkylation sites (tertiary alicyclic amines) is 1. The molecule has 1 saturated heterocycles. The molecule has 2 atom stereocenters. The maximum absolute atomic E-state index is 11.8. The zero-order valence-corrected chi connectivity index (χ0v) is 12.5. The molecule has 1 aliphatic carbocycles. The second-order valence-electron chi connectivity index (χ2n) is 6.61.